The van der Waals surface area contributed by atoms with Crippen LogP contribution in [-0.4, -0.2) is 26.6 Å². The summed E-state index contributed by atoms with van der Waals surface area (Å²) < 4.78 is 45.3. The lowest BCUT2D eigenvalue weighted by Gasteiger charge is -2.19. The van der Waals surface area contributed by atoms with Crippen LogP contribution in [0.3, 0.4) is 0 Å². The van der Waals surface area contributed by atoms with Gasteiger partial charge in [-0.3, -0.25) is 0 Å². The van der Waals surface area contributed by atoms with E-state index in [9.17, 15) is 13.2 Å². The zero-order valence-corrected chi connectivity index (χ0v) is 12.4. The molecule has 0 aliphatic heterocycles. The highest BCUT2D eigenvalue weighted by molar-refractivity contribution is 5.29. The standard InChI is InChI=1S/C15H22F3NO2/c1-3-10-19-14(5-4-11-20-2)12-6-8-13(9-7-12)21-15(16,17)18/h6-9,14,19H,3-5,10-11H2,1-2H3. The van der Waals surface area contributed by atoms with Crippen LogP contribution >= 0.6 is 0 Å². The first kappa shape index (κ1) is 17.8. The van der Waals surface area contributed by atoms with Crippen LogP contribution in [0.5, 0.6) is 5.75 Å². The van der Waals surface area contributed by atoms with Crippen LogP contribution in [0.25, 0.3) is 0 Å². The molecule has 0 saturated carbocycles. The van der Waals surface area contributed by atoms with Gasteiger partial charge in [0.15, 0.2) is 0 Å². The fourth-order valence-electron chi connectivity index (χ4n) is 2.04. The van der Waals surface area contributed by atoms with Crippen molar-refractivity contribution in [1.82, 2.24) is 5.32 Å². The van der Waals surface area contributed by atoms with E-state index in [4.69, 9.17) is 4.74 Å². The van der Waals surface area contributed by atoms with E-state index in [1.165, 1.54) is 12.1 Å². The van der Waals surface area contributed by atoms with Crippen LogP contribution < -0.4 is 10.1 Å². The molecular weight excluding hydrogens is 283 g/mol. The number of methoxy groups -OCH3 is 1. The highest BCUT2D eigenvalue weighted by Crippen LogP contribution is 2.25. The molecule has 1 N–H and O–H groups in total. The lowest BCUT2D eigenvalue weighted by molar-refractivity contribution is -0.274. The molecule has 0 bridgehead atoms. The maximum absolute atomic E-state index is 12.1. The van der Waals surface area contributed by atoms with Crippen LogP contribution in [0, 0.1) is 0 Å². The van der Waals surface area contributed by atoms with Gasteiger partial charge in [0, 0.05) is 19.8 Å². The molecule has 0 fully saturated rings. The fourth-order valence-corrected chi connectivity index (χ4v) is 2.04. The number of nitrogens with one attached hydrogen (secondary N) is 1. The number of rotatable bonds is 9. The van der Waals surface area contributed by atoms with Crippen molar-refractivity contribution in [3.05, 3.63) is 29.8 Å². The van der Waals surface area contributed by atoms with E-state index in [0.29, 0.717) is 6.61 Å². The van der Waals surface area contributed by atoms with E-state index in [2.05, 4.69) is 17.0 Å². The van der Waals surface area contributed by atoms with Gasteiger partial charge in [0.2, 0.25) is 0 Å². The molecule has 1 unspecified atom stereocenters. The summed E-state index contributed by atoms with van der Waals surface area (Å²) >= 11 is 0. The summed E-state index contributed by atoms with van der Waals surface area (Å²) in [5, 5.41) is 3.39. The Morgan fingerprint density at radius 1 is 1.19 bits per heavy atom. The number of hydrogen-bond donors (Lipinski definition) is 1. The monoisotopic (exact) mass is 305 g/mol. The van der Waals surface area contributed by atoms with E-state index >= 15 is 0 Å². The third kappa shape index (κ3) is 7.34. The van der Waals surface area contributed by atoms with Crippen LogP contribution in [0.2, 0.25) is 0 Å². The largest absolute Gasteiger partial charge is 0.573 e. The van der Waals surface area contributed by atoms with Crippen molar-refractivity contribution < 1.29 is 22.6 Å². The average molecular weight is 305 g/mol. The number of benzene rings is 1. The minimum atomic E-state index is -4.65. The summed E-state index contributed by atoms with van der Waals surface area (Å²) in [6.07, 6.45) is -1.90. The summed E-state index contributed by atoms with van der Waals surface area (Å²) in [5.74, 6) is -0.197. The molecule has 3 nitrogen and oxygen atoms in total. The Morgan fingerprint density at radius 2 is 1.86 bits per heavy atom. The van der Waals surface area contributed by atoms with Crippen molar-refractivity contribution in [2.24, 2.45) is 0 Å². The molecule has 6 heteroatoms. The second kappa shape index (κ2) is 8.89. The van der Waals surface area contributed by atoms with E-state index in [1.54, 1.807) is 19.2 Å². The molecule has 1 aromatic rings. The Balaban J connectivity index is 2.68. The molecule has 0 aliphatic carbocycles. The minimum Gasteiger partial charge on any atom is -0.406 e. The summed E-state index contributed by atoms with van der Waals surface area (Å²) in [5.41, 5.74) is 0.953. The molecule has 0 spiro atoms. The Morgan fingerprint density at radius 3 is 2.38 bits per heavy atom. The van der Waals surface area contributed by atoms with Crippen molar-refractivity contribution in [2.75, 3.05) is 20.3 Å². The first-order valence-corrected chi connectivity index (χ1v) is 7.04. The Kier molecular flexibility index (Phi) is 7.53. The summed E-state index contributed by atoms with van der Waals surface area (Å²) in [4.78, 5) is 0. The maximum Gasteiger partial charge on any atom is 0.573 e. The number of halogens is 3. The van der Waals surface area contributed by atoms with Crippen molar-refractivity contribution in [3.63, 3.8) is 0 Å². The van der Waals surface area contributed by atoms with Gasteiger partial charge in [-0.2, -0.15) is 0 Å². The second-order valence-electron chi connectivity index (χ2n) is 4.76. The lowest BCUT2D eigenvalue weighted by atomic mass is 10.0. The topological polar surface area (TPSA) is 30.5 Å². The van der Waals surface area contributed by atoms with Gasteiger partial charge in [-0.1, -0.05) is 19.1 Å². The van der Waals surface area contributed by atoms with Gasteiger partial charge in [-0.25, -0.2) is 0 Å². The van der Waals surface area contributed by atoms with E-state index < -0.39 is 6.36 Å². The highest BCUT2D eigenvalue weighted by atomic mass is 19.4. The quantitative estimate of drug-likeness (QED) is 0.698. The molecule has 21 heavy (non-hydrogen) atoms. The maximum atomic E-state index is 12.1. The van der Waals surface area contributed by atoms with Crippen molar-refractivity contribution >= 4 is 0 Å². The minimum absolute atomic E-state index is 0.111. The summed E-state index contributed by atoms with van der Waals surface area (Å²) in [7, 11) is 1.65. The van der Waals surface area contributed by atoms with Crippen LogP contribution in [-0.2, 0) is 4.74 Å². The molecule has 120 valence electrons. The molecule has 0 aromatic heterocycles. The third-order valence-corrected chi connectivity index (χ3v) is 3.00. The lowest BCUT2D eigenvalue weighted by Crippen LogP contribution is -2.22. The molecule has 0 saturated heterocycles. The number of alkyl halides is 3. The van der Waals surface area contributed by atoms with Gasteiger partial charge >= 0.3 is 6.36 Å². The SMILES string of the molecule is CCCNC(CCCOC)c1ccc(OC(F)(F)F)cc1. The molecule has 1 rings (SSSR count). The molecule has 1 aromatic carbocycles. The van der Waals surface area contributed by atoms with Gasteiger partial charge in [-0.15, -0.1) is 13.2 Å². The number of hydrogen-bond acceptors (Lipinski definition) is 3. The molecule has 0 heterocycles. The Bertz CT molecular complexity index is 393. The smallest absolute Gasteiger partial charge is 0.406 e. The molecule has 0 aliphatic rings. The first-order chi connectivity index (χ1) is 9.96. The van der Waals surface area contributed by atoms with E-state index in [0.717, 1.165) is 31.4 Å². The van der Waals surface area contributed by atoms with E-state index in [-0.39, 0.29) is 11.8 Å². The highest BCUT2D eigenvalue weighted by Gasteiger charge is 2.31. The predicted molar refractivity (Wildman–Crippen MR) is 75.3 cm³/mol. The fraction of sp³-hybridized carbons (Fsp3) is 0.600. The van der Waals surface area contributed by atoms with Crippen molar-refractivity contribution in [2.45, 2.75) is 38.6 Å². The molecular formula is C15H22F3NO2. The van der Waals surface area contributed by atoms with Gasteiger partial charge < -0.3 is 14.8 Å². The molecule has 1 atom stereocenters. The Hall–Kier alpha value is -1.27. The zero-order chi connectivity index (χ0) is 15.7. The van der Waals surface area contributed by atoms with Crippen LogP contribution in [0.15, 0.2) is 24.3 Å². The van der Waals surface area contributed by atoms with Gasteiger partial charge in [0.05, 0.1) is 0 Å². The normalized spacial score (nSPS) is 13.2. The first-order valence-electron chi connectivity index (χ1n) is 7.04. The van der Waals surface area contributed by atoms with Gasteiger partial charge in [0.25, 0.3) is 0 Å². The van der Waals surface area contributed by atoms with Crippen molar-refractivity contribution in [1.29, 1.82) is 0 Å². The molecule has 0 radical (unpaired) electrons. The summed E-state index contributed by atoms with van der Waals surface area (Å²) in [6, 6.07) is 6.14. The zero-order valence-electron chi connectivity index (χ0n) is 12.4. The average Bonchev–Trinajstić information content (AvgIpc) is 2.42. The van der Waals surface area contributed by atoms with Crippen molar-refractivity contribution in [3.8, 4) is 5.75 Å². The third-order valence-electron chi connectivity index (χ3n) is 3.00. The Labute approximate surface area is 123 Å². The van der Waals surface area contributed by atoms with Crippen LogP contribution in [0.4, 0.5) is 13.2 Å². The van der Waals surface area contributed by atoms with Gasteiger partial charge in [0.1, 0.15) is 5.75 Å². The number of ether oxygens (including phenoxy) is 2. The van der Waals surface area contributed by atoms with Gasteiger partial charge in [-0.05, 0) is 43.5 Å². The second-order valence-corrected chi connectivity index (χ2v) is 4.76. The molecule has 0 amide bonds. The predicted octanol–water partition coefficient (Wildman–Crippen LogP) is 4.05. The van der Waals surface area contributed by atoms with E-state index in [1.807, 2.05) is 0 Å². The summed E-state index contributed by atoms with van der Waals surface area (Å²) in [6.45, 7) is 3.59. The van der Waals surface area contributed by atoms with Crippen LogP contribution in [0.1, 0.15) is 37.8 Å².